The normalized spacial score (nSPS) is 12.2. The van der Waals surface area contributed by atoms with E-state index in [0.29, 0.717) is 11.3 Å². The fourth-order valence-electron chi connectivity index (χ4n) is 1.32. The van der Waals surface area contributed by atoms with Crippen LogP contribution in [0.1, 0.15) is 27.2 Å². The molecule has 0 bridgehead atoms. The van der Waals surface area contributed by atoms with Crippen molar-refractivity contribution < 1.29 is 27.9 Å². The average molecular weight is 284 g/mol. The van der Waals surface area contributed by atoms with Crippen LogP contribution < -0.4 is 0 Å². The Morgan fingerprint density at radius 3 is 2.00 bits per heavy atom. The predicted molar refractivity (Wildman–Crippen MR) is 62.8 cm³/mol. The summed E-state index contributed by atoms with van der Waals surface area (Å²) in [5, 5.41) is 8.97. The van der Waals surface area contributed by atoms with Crippen LogP contribution in [0, 0.1) is 0 Å². The fraction of sp³-hybridized carbons (Fsp3) is 0.818. The minimum atomic E-state index is -4.51. The molecule has 0 unspecified atom stereocenters. The van der Waals surface area contributed by atoms with Gasteiger partial charge in [-0.1, -0.05) is 6.92 Å². The van der Waals surface area contributed by atoms with Crippen molar-refractivity contribution in [2.45, 2.75) is 38.9 Å². The Morgan fingerprint density at radius 1 is 1.21 bits per heavy atom. The van der Waals surface area contributed by atoms with E-state index in [1.54, 1.807) is 6.92 Å². The summed E-state index contributed by atoms with van der Waals surface area (Å²) in [7, 11) is 1.18. The van der Waals surface area contributed by atoms with Crippen LogP contribution in [0.15, 0.2) is 0 Å². The van der Waals surface area contributed by atoms with Crippen molar-refractivity contribution in [2.24, 2.45) is 0 Å². The number of hydrogen-bond donors (Lipinski definition) is 1. The van der Waals surface area contributed by atoms with Gasteiger partial charge in [-0.15, -0.1) is 0 Å². The number of halogens is 3. The van der Waals surface area contributed by atoms with E-state index in [4.69, 9.17) is 5.11 Å². The number of carboxylic acids is 1. The quantitative estimate of drug-likeness (QED) is 0.841. The summed E-state index contributed by atoms with van der Waals surface area (Å²) in [6, 6.07) is -0.952. The molecular formula is C11H19F3N2O3. The van der Waals surface area contributed by atoms with E-state index < -0.39 is 30.3 Å². The summed E-state index contributed by atoms with van der Waals surface area (Å²) in [4.78, 5) is 24.4. The number of likely N-dealkylation sites (N-methyl/N-ethyl adjacent to an activating group) is 1. The topological polar surface area (TPSA) is 60.9 Å². The molecule has 0 atom stereocenters. The van der Waals surface area contributed by atoms with Gasteiger partial charge in [0.1, 0.15) is 12.1 Å². The summed E-state index contributed by atoms with van der Waals surface area (Å²) in [5.74, 6) is -1.29. The highest BCUT2D eigenvalue weighted by Crippen LogP contribution is 2.20. The van der Waals surface area contributed by atoms with Crippen LogP contribution in [0.5, 0.6) is 0 Å². The lowest BCUT2D eigenvalue weighted by Crippen LogP contribution is -2.56. The monoisotopic (exact) mass is 284 g/mol. The molecule has 2 amide bonds. The van der Waals surface area contributed by atoms with Gasteiger partial charge in [-0.25, -0.2) is 9.59 Å². The van der Waals surface area contributed by atoms with Crippen molar-refractivity contribution in [3.8, 4) is 0 Å². The van der Waals surface area contributed by atoms with Crippen molar-refractivity contribution in [1.82, 2.24) is 9.80 Å². The van der Waals surface area contributed by atoms with Gasteiger partial charge >= 0.3 is 18.2 Å². The van der Waals surface area contributed by atoms with E-state index in [-0.39, 0.29) is 6.54 Å². The van der Waals surface area contributed by atoms with E-state index in [9.17, 15) is 22.8 Å². The molecule has 0 aromatic carbocycles. The highest BCUT2D eigenvalue weighted by molar-refractivity contribution is 5.85. The van der Waals surface area contributed by atoms with Gasteiger partial charge in [0.2, 0.25) is 0 Å². The molecule has 0 rings (SSSR count). The molecule has 0 aromatic rings. The number of carbonyl (C=O) groups is 2. The first kappa shape index (κ1) is 17.5. The maximum absolute atomic E-state index is 12.4. The number of amides is 2. The van der Waals surface area contributed by atoms with Crippen LogP contribution in [0.3, 0.4) is 0 Å². The molecule has 0 heterocycles. The molecule has 0 radical (unpaired) electrons. The van der Waals surface area contributed by atoms with E-state index in [2.05, 4.69) is 0 Å². The Balaban J connectivity index is 5.05. The Bertz CT molecular complexity index is 343. The summed E-state index contributed by atoms with van der Waals surface area (Å²) >= 11 is 0. The lowest BCUT2D eigenvalue weighted by atomic mass is 10.0. The van der Waals surface area contributed by atoms with Crippen molar-refractivity contribution in [2.75, 3.05) is 20.1 Å². The maximum Gasteiger partial charge on any atom is 0.406 e. The Hall–Kier alpha value is -1.47. The second-order valence-corrected chi connectivity index (χ2v) is 4.74. The van der Waals surface area contributed by atoms with Crippen molar-refractivity contribution in [3.05, 3.63) is 0 Å². The van der Waals surface area contributed by atoms with Gasteiger partial charge in [0.25, 0.3) is 0 Å². The van der Waals surface area contributed by atoms with E-state index in [1.165, 1.54) is 20.9 Å². The number of rotatable bonds is 5. The molecule has 0 fully saturated rings. The third-order valence-corrected chi connectivity index (χ3v) is 2.78. The molecule has 0 spiro atoms. The van der Waals surface area contributed by atoms with Crippen molar-refractivity contribution in [3.63, 3.8) is 0 Å². The van der Waals surface area contributed by atoms with Gasteiger partial charge in [-0.2, -0.15) is 13.2 Å². The van der Waals surface area contributed by atoms with Crippen LogP contribution in [0.25, 0.3) is 0 Å². The zero-order valence-electron chi connectivity index (χ0n) is 11.4. The highest BCUT2D eigenvalue weighted by atomic mass is 19.4. The summed E-state index contributed by atoms with van der Waals surface area (Å²) in [5.41, 5.74) is -1.57. The number of aliphatic carboxylic acids is 1. The van der Waals surface area contributed by atoms with Crippen LogP contribution >= 0.6 is 0 Å². The van der Waals surface area contributed by atoms with Crippen LogP contribution in [0.2, 0.25) is 0 Å². The van der Waals surface area contributed by atoms with E-state index >= 15 is 0 Å². The summed E-state index contributed by atoms with van der Waals surface area (Å²) in [6.07, 6.45) is -4.16. The van der Waals surface area contributed by atoms with Gasteiger partial charge < -0.3 is 14.9 Å². The average Bonchev–Trinajstić information content (AvgIpc) is 2.24. The zero-order valence-corrected chi connectivity index (χ0v) is 11.4. The van der Waals surface area contributed by atoms with Crippen molar-refractivity contribution >= 4 is 12.0 Å². The minimum absolute atomic E-state index is 0.0849. The second-order valence-electron chi connectivity index (χ2n) is 4.74. The highest BCUT2D eigenvalue weighted by Gasteiger charge is 2.40. The van der Waals surface area contributed by atoms with E-state index in [0.717, 1.165) is 4.90 Å². The third kappa shape index (κ3) is 4.96. The van der Waals surface area contributed by atoms with Gasteiger partial charge in [-0.3, -0.25) is 0 Å². The van der Waals surface area contributed by atoms with Gasteiger partial charge in [0.15, 0.2) is 0 Å². The zero-order chi connectivity index (χ0) is 15.4. The third-order valence-electron chi connectivity index (χ3n) is 2.78. The molecule has 1 N–H and O–H groups in total. The predicted octanol–water partition coefficient (Wildman–Crippen LogP) is 2.18. The first-order valence-electron chi connectivity index (χ1n) is 5.76. The molecule has 5 nitrogen and oxygen atoms in total. The maximum atomic E-state index is 12.4. The number of alkyl halides is 3. The first-order valence-corrected chi connectivity index (χ1v) is 5.76. The lowest BCUT2D eigenvalue weighted by molar-refractivity contribution is -0.149. The van der Waals surface area contributed by atoms with Gasteiger partial charge in [0, 0.05) is 13.6 Å². The number of carboxylic acid groups (broad SMARTS) is 1. The molecule has 112 valence electrons. The van der Waals surface area contributed by atoms with Gasteiger partial charge in [-0.05, 0) is 20.3 Å². The molecular weight excluding hydrogens is 265 g/mol. The number of urea groups is 1. The molecule has 19 heavy (non-hydrogen) atoms. The molecule has 0 saturated carbocycles. The lowest BCUT2D eigenvalue weighted by Gasteiger charge is -2.36. The second kappa shape index (κ2) is 6.12. The number of nitrogens with zero attached hydrogens (tertiary/aromatic N) is 2. The Labute approximate surface area is 110 Å². The summed E-state index contributed by atoms with van der Waals surface area (Å²) < 4.78 is 37.1. The van der Waals surface area contributed by atoms with Crippen molar-refractivity contribution in [1.29, 1.82) is 0 Å². The number of carbonyl (C=O) groups excluding carboxylic acids is 1. The van der Waals surface area contributed by atoms with Gasteiger partial charge in [0.05, 0.1) is 0 Å². The smallest absolute Gasteiger partial charge is 0.406 e. The molecule has 0 aliphatic carbocycles. The molecule has 8 heteroatoms. The molecule has 0 aromatic heterocycles. The molecule has 0 aliphatic heterocycles. The molecule has 0 saturated heterocycles. The van der Waals surface area contributed by atoms with E-state index in [1.807, 2.05) is 0 Å². The van der Waals surface area contributed by atoms with Crippen LogP contribution in [-0.2, 0) is 4.79 Å². The SMILES string of the molecule is CCCN(CC(F)(F)F)C(=O)N(C)C(C)(C)C(=O)O. The number of hydrogen-bond acceptors (Lipinski definition) is 2. The molecule has 0 aliphatic rings. The first-order chi connectivity index (χ1) is 8.43. The largest absolute Gasteiger partial charge is 0.480 e. The van der Waals surface area contributed by atoms with Crippen LogP contribution in [0.4, 0.5) is 18.0 Å². The summed E-state index contributed by atoms with van der Waals surface area (Å²) in [6.45, 7) is 2.67. The Morgan fingerprint density at radius 2 is 1.68 bits per heavy atom. The standard InChI is InChI=1S/C11H19F3N2O3/c1-5-6-16(7-11(12,13)14)9(19)15(4)10(2,3)8(17)18/h5-7H2,1-4H3,(H,17,18). The fourth-order valence-corrected chi connectivity index (χ4v) is 1.32. The minimum Gasteiger partial charge on any atom is -0.480 e. The Kier molecular flexibility index (Phi) is 5.64. The van der Waals surface area contributed by atoms with Crippen LogP contribution in [-0.4, -0.2) is 58.8 Å².